The van der Waals surface area contributed by atoms with Crippen molar-refractivity contribution in [2.24, 2.45) is 5.92 Å². The van der Waals surface area contributed by atoms with Crippen molar-refractivity contribution >= 4 is 0 Å². The van der Waals surface area contributed by atoms with Gasteiger partial charge in [0.05, 0.1) is 6.61 Å². The SMILES string of the molecule is CNC(Cc1ccncc1)C1CCCOC1. The largest absolute Gasteiger partial charge is 0.381 e. The van der Waals surface area contributed by atoms with Crippen LogP contribution in [0.25, 0.3) is 0 Å². The molecule has 88 valence electrons. The van der Waals surface area contributed by atoms with E-state index in [0.29, 0.717) is 12.0 Å². The van der Waals surface area contributed by atoms with Crippen molar-refractivity contribution in [3.8, 4) is 0 Å². The fourth-order valence-electron chi connectivity index (χ4n) is 2.36. The van der Waals surface area contributed by atoms with Crippen LogP contribution in [0.5, 0.6) is 0 Å². The van der Waals surface area contributed by atoms with Crippen LogP contribution in [0.4, 0.5) is 0 Å². The molecule has 3 heteroatoms. The first-order valence-corrected chi connectivity index (χ1v) is 6.04. The molecule has 1 saturated heterocycles. The van der Waals surface area contributed by atoms with Crippen molar-refractivity contribution in [1.82, 2.24) is 10.3 Å². The van der Waals surface area contributed by atoms with E-state index in [2.05, 4.69) is 22.4 Å². The summed E-state index contributed by atoms with van der Waals surface area (Å²) in [6.07, 6.45) is 7.25. The van der Waals surface area contributed by atoms with Gasteiger partial charge in [-0.25, -0.2) is 0 Å². The molecule has 16 heavy (non-hydrogen) atoms. The molecule has 0 saturated carbocycles. The van der Waals surface area contributed by atoms with E-state index >= 15 is 0 Å². The van der Waals surface area contributed by atoms with Gasteiger partial charge in [0.1, 0.15) is 0 Å². The highest BCUT2D eigenvalue weighted by molar-refractivity contribution is 5.11. The zero-order valence-electron chi connectivity index (χ0n) is 9.86. The van der Waals surface area contributed by atoms with Crippen LogP contribution >= 0.6 is 0 Å². The summed E-state index contributed by atoms with van der Waals surface area (Å²) in [7, 11) is 2.04. The van der Waals surface area contributed by atoms with Gasteiger partial charge in [0.15, 0.2) is 0 Å². The van der Waals surface area contributed by atoms with Gasteiger partial charge >= 0.3 is 0 Å². The predicted octanol–water partition coefficient (Wildman–Crippen LogP) is 1.64. The van der Waals surface area contributed by atoms with Crippen molar-refractivity contribution < 1.29 is 4.74 Å². The third kappa shape index (κ3) is 3.03. The molecular formula is C13H20N2O. The molecule has 2 atom stereocenters. The van der Waals surface area contributed by atoms with Crippen LogP contribution in [0.2, 0.25) is 0 Å². The maximum atomic E-state index is 5.55. The Kier molecular flexibility index (Phi) is 4.31. The molecule has 0 aromatic carbocycles. The lowest BCUT2D eigenvalue weighted by molar-refractivity contribution is 0.0405. The average molecular weight is 220 g/mol. The number of rotatable bonds is 4. The highest BCUT2D eigenvalue weighted by atomic mass is 16.5. The number of likely N-dealkylation sites (N-methyl/N-ethyl adjacent to an activating group) is 1. The summed E-state index contributed by atoms with van der Waals surface area (Å²) < 4.78 is 5.55. The molecule has 0 radical (unpaired) electrons. The van der Waals surface area contributed by atoms with Crippen molar-refractivity contribution in [2.45, 2.75) is 25.3 Å². The molecule has 1 aromatic heterocycles. The molecule has 2 rings (SSSR count). The summed E-state index contributed by atoms with van der Waals surface area (Å²) in [5.74, 6) is 0.645. The number of aromatic nitrogens is 1. The lowest BCUT2D eigenvalue weighted by Gasteiger charge is -2.30. The van der Waals surface area contributed by atoms with E-state index in [1.54, 1.807) is 0 Å². The minimum absolute atomic E-state index is 0.516. The fraction of sp³-hybridized carbons (Fsp3) is 0.615. The van der Waals surface area contributed by atoms with Gasteiger partial charge in [-0.15, -0.1) is 0 Å². The number of ether oxygens (including phenoxy) is 1. The Labute approximate surface area is 97.2 Å². The third-order valence-electron chi connectivity index (χ3n) is 3.34. The number of nitrogens with one attached hydrogen (secondary N) is 1. The predicted molar refractivity (Wildman–Crippen MR) is 64.3 cm³/mol. The van der Waals surface area contributed by atoms with Crippen molar-refractivity contribution in [3.05, 3.63) is 30.1 Å². The summed E-state index contributed by atoms with van der Waals surface area (Å²) in [6.45, 7) is 1.83. The molecule has 1 aromatic rings. The van der Waals surface area contributed by atoms with E-state index < -0.39 is 0 Å². The lowest BCUT2D eigenvalue weighted by atomic mass is 9.89. The second kappa shape index (κ2) is 5.97. The first-order chi connectivity index (χ1) is 7.90. The Morgan fingerprint density at radius 1 is 1.50 bits per heavy atom. The van der Waals surface area contributed by atoms with Crippen LogP contribution in [-0.2, 0) is 11.2 Å². The second-order valence-electron chi connectivity index (χ2n) is 4.43. The molecule has 0 spiro atoms. The Hall–Kier alpha value is -0.930. The van der Waals surface area contributed by atoms with E-state index in [0.717, 1.165) is 19.6 Å². The van der Waals surface area contributed by atoms with Crippen molar-refractivity contribution in [2.75, 3.05) is 20.3 Å². The third-order valence-corrected chi connectivity index (χ3v) is 3.34. The summed E-state index contributed by atoms with van der Waals surface area (Å²) in [5.41, 5.74) is 1.35. The Bertz CT molecular complexity index is 296. The zero-order chi connectivity index (χ0) is 11.2. The van der Waals surface area contributed by atoms with Gasteiger partial charge in [-0.1, -0.05) is 0 Å². The van der Waals surface area contributed by atoms with Gasteiger partial charge in [0.25, 0.3) is 0 Å². The molecule has 0 amide bonds. The zero-order valence-corrected chi connectivity index (χ0v) is 9.86. The smallest absolute Gasteiger partial charge is 0.0509 e. The van der Waals surface area contributed by atoms with Crippen LogP contribution in [0.1, 0.15) is 18.4 Å². The molecular weight excluding hydrogens is 200 g/mol. The molecule has 2 heterocycles. The molecule has 1 aliphatic heterocycles. The van der Waals surface area contributed by atoms with Gasteiger partial charge in [0.2, 0.25) is 0 Å². The van der Waals surface area contributed by atoms with Crippen LogP contribution in [0, 0.1) is 5.92 Å². The van der Waals surface area contributed by atoms with Crippen molar-refractivity contribution in [3.63, 3.8) is 0 Å². The molecule has 2 unspecified atom stereocenters. The summed E-state index contributed by atoms with van der Waals surface area (Å²) in [4.78, 5) is 4.05. The van der Waals surface area contributed by atoms with Crippen LogP contribution in [0.15, 0.2) is 24.5 Å². The molecule has 0 aliphatic carbocycles. The number of hydrogen-bond donors (Lipinski definition) is 1. The highest BCUT2D eigenvalue weighted by Gasteiger charge is 2.22. The topological polar surface area (TPSA) is 34.2 Å². The summed E-state index contributed by atoms with van der Waals surface area (Å²) in [5, 5.41) is 3.42. The monoisotopic (exact) mass is 220 g/mol. The number of pyridine rings is 1. The Balaban J connectivity index is 1.94. The normalized spacial score (nSPS) is 22.9. The summed E-state index contributed by atoms with van der Waals surface area (Å²) in [6, 6.07) is 4.70. The maximum Gasteiger partial charge on any atom is 0.0509 e. The van der Waals surface area contributed by atoms with E-state index in [-0.39, 0.29) is 0 Å². The standard InChI is InChI=1S/C13H20N2O/c1-14-13(12-3-2-8-16-10-12)9-11-4-6-15-7-5-11/h4-7,12-14H,2-3,8-10H2,1H3. The Morgan fingerprint density at radius 2 is 2.31 bits per heavy atom. The second-order valence-corrected chi connectivity index (χ2v) is 4.43. The minimum Gasteiger partial charge on any atom is -0.381 e. The molecule has 0 bridgehead atoms. The molecule has 1 aliphatic rings. The van der Waals surface area contributed by atoms with Crippen LogP contribution in [-0.4, -0.2) is 31.3 Å². The van der Waals surface area contributed by atoms with E-state index in [1.807, 2.05) is 19.4 Å². The minimum atomic E-state index is 0.516. The van der Waals surface area contributed by atoms with Gasteiger partial charge in [-0.3, -0.25) is 4.98 Å². The molecule has 1 fully saturated rings. The van der Waals surface area contributed by atoms with E-state index in [1.165, 1.54) is 18.4 Å². The molecule has 3 nitrogen and oxygen atoms in total. The Morgan fingerprint density at radius 3 is 2.94 bits per heavy atom. The first-order valence-electron chi connectivity index (χ1n) is 6.04. The highest BCUT2D eigenvalue weighted by Crippen LogP contribution is 2.19. The van der Waals surface area contributed by atoms with Gasteiger partial charge in [-0.2, -0.15) is 0 Å². The van der Waals surface area contributed by atoms with E-state index in [9.17, 15) is 0 Å². The van der Waals surface area contributed by atoms with Gasteiger partial charge in [0, 0.05) is 25.0 Å². The number of nitrogens with zero attached hydrogens (tertiary/aromatic N) is 1. The van der Waals surface area contributed by atoms with Gasteiger partial charge in [-0.05, 0) is 49.9 Å². The lowest BCUT2D eigenvalue weighted by Crippen LogP contribution is -2.39. The molecule has 1 N–H and O–H groups in total. The first kappa shape index (κ1) is 11.6. The average Bonchev–Trinajstić information content (AvgIpc) is 2.38. The van der Waals surface area contributed by atoms with E-state index in [4.69, 9.17) is 4.74 Å². The summed E-state index contributed by atoms with van der Waals surface area (Å²) >= 11 is 0. The van der Waals surface area contributed by atoms with Crippen LogP contribution < -0.4 is 5.32 Å². The van der Waals surface area contributed by atoms with Crippen LogP contribution in [0.3, 0.4) is 0 Å². The number of hydrogen-bond acceptors (Lipinski definition) is 3. The van der Waals surface area contributed by atoms with Gasteiger partial charge < -0.3 is 10.1 Å². The van der Waals surface area contributed by atoms with Crippen molar-refractivity contribution in [1.29, 1.82) is 0 Å². The maximum absolute atomic E-state index is 5.55. The quantitative estimate of drug-likeness (QED) is 0.837. The fourth-order valence-corrected chi connectivity index (χ4v) is 2.36.